The van der Waals surface area contributed by atoms with Gasteiger partial charge in [0.15, 0.2) is 5.84 Å². The van der Waals surface area contributed by atoms with Crippen LogP contribution >= 0.6 is 11.6 Å². The highest BCUT2D eigenvalue weighted by Gasteiger charge is 2.48. The minimum Gasteiger partial charge on any atom is -0.378 e. The van der Waals surface area contributed by atoms with Crippen LogP contribution in [0.3, 0.4) is 0 Å². The number of nitrogens with zero attached hydrogens (tertiary/aromatic N) is 5. The molecule has 1 aromatic heterocycles. The maximum absolute atomic E-state index is 13.8. The Balaban J connectivity index is 1.41. The Hall–Kier alpha value is -2.64. The van der Waals surface area contributed by atoms with Crippen LogP contribution < -0.4 is 9.80 Å². The van der Waals surface area contributed by atoms with E-state index in [1.807, 2.05) is 40.3 Å². The van der Waals surface area contributed by atoms with E-state index in [4.69, 9.17) is 26.3 Å². The number of fused-ring (bicyclic) bond motifs is 3. The third-order valence-electron chi connectivity index (χ3n) is 6.58. The number of hydrogen-bond donors (Lipinski definition) is 0. The smallest absolute Gasteiger partial charge is 0.330 e. The maximum atomic E-state index is 13.8. The van der Waals surface area contributed by atoms with Crippen molar-refractivity contribution in [1.29, 1.82) is 0 Å². The lowest BCUT2D eigenvalue weighted by atomic mass is 10.1. The van der Waals surface area contributed by atoms with Crippen LogP contribution in [0.1, 0.15) is 24.1 Å². The number of aliphatic imine (C=N–C) groups is 1. The predicted molar refractivity (Wildman–Crippen MR) is 120 cm³/mol. The van der Waals surface area contributed by atoms with Gasteiger partial charge in [-0.25, -0.2) is 9.78 Å². The number of aromatic nitrogens is 1. The average molecular weight is 438 g/mol. The fraction of sp³-hybridized carbons (Fsp3) is 0.435. The monoisotopic (exact) mass is 437 g/mol. The number of anilines is 2. The molecule has 1 atom stereocenters. The number of urea groups is 1. The Morgan fingerprint density at radius 3 is 2.65 bits per heavy atom. The van der Waals surface area contributed by atoms with E-state index < -0.39 is 0 Å². The van der Waals surface area contributed by atoms with Gasteiger partial charge in [0.05, 0.1) is 49.9 Å². The van der Waals surface area contributed by atoms with E-state index in [9.17, 15) is 4.79 Å². The molecule has 1 saturated heterocycles. The lowest BCUT2D eigenvalue weighted by Gasteiger charge is -2.38. The van der Waals surface area contributed by atoms with Crippen molar-refractivity contribution in [1.82, 2.24) is 9.88 Å². The molecule has 1 aromatic carbocycles. The van der Waals surface area contributed by atoms with Gasteiger partial charge in [-0.05, 0) is 42.5 Å². The Labute approximate surface area is 186 Å². The number of morpholine rings is 1. The van der Waals surface area contributed by atoms with Gasteiger partial charge in [-0.1, -0.05) is 23.7 Å². The topological polar surface area (TPSA) is 61.3 Å². The van der Waals surface area contributed by atoms with Gasteiger partial charge in [-0.3, -0.25) is 14.8 Å². The molecule has 7 nitrogen and oxygen atoms in total. The molecule has 6 rings (SSSR count). The van der Waals surface area contributed by atoms with Crippen LogP contribution in [0.2, 0.25) is 5.02 Å². The van der Waals surface area contributed by atoms with Crippen molar-refractivity contribution in [2.75, 3.05) is 42.6 Å². The van der Waals surface area contributed by atoms with Gasteiger partial charge in [-0.15, -0.1) is 0 Å². The molecule has 0 N–H and O–H groups in total. The summed E-state index contributed by atoms with van der Waals surface area (Å²) in [7, 11) is 0. The molecule has 160 valence electrons. The van der Waals surface area contributed by atoms with Crippen molar-refractivity contribution in [3.63, 3.8) is 0 Å². The quantitative estimate of drug-likeness (QED) is 0.733. The summed E-state index contributed by atoms with van der Waals surface area (Å²) in [4.78, 5) is 29.4. The molecule has 1 saturated carbocycles. The summed E-state index contributed by atoms with van der Waals surface area (Å²) in [6, 6.07) is 9.92. The van der Waals surface area contributed by atoms with Crippen molar-refractivity contribution in [2.45, 2.75) is 25.4 Å². The van der Waals surface area contributed by atoms with E-state index in [1.165, 1.54) is 12.8 Å². The van der Waals surface area contributed by atoms with E-state index in [-0.39, 0.29) is 12.1 Å². The maximum Gasteiger partial charge on any atom is 0.330 e. The van der Waals surface area contributed by atoms with E-state index in [0.29, 0.717) is 37.2 Å². The zero-order valence-corrected chi connectivity index (χ0v) is 18.0. The van der Waals surface area contributed by atoms with E-state index in [2.05, 4.69) is 11.0 Å². The number of carbonyl (C=O) groups is 1. The Morgan fingerprint density at radius 1 is 1.13 bits per heavy atom. The van der Waals surface area contributed by atoms with Crippen LogP contribution in [0, 0.1) is 5.92 Å². The van der Waals surface area contributed by atoms with Gasteiger partial charge in [0.25, 0.3) is 0 Å². The summed E-state index contributed by atoms with van der Waals surface area (Å²) >= 11 is 6.07. The first-order valence-corrected chi connectivity index (χ1v) is 11.3. The predicted octanol–water partition coefficient (Wildman–Crippen LogP) is 3.55. The molecule has 1 aliphatic carbocycles. The van der Waals surface area contributed by atoms with Gasteiger partial charge >= 0.3 is 6.03 Å². The molecule has 0 bridgehead atoms. The summed E-state index contributed by atoms with van der Waals surface area (Å²) in [5.74, 6) is 1.29. The second-order valence-electron chi connectivity index (χ2n) is 8.59. The van der Waals surface area contributed by atoms with Crippen molar-refractivity contribution >= 4 is 34.8 Å². The van der Waals surface area contributed by atoms with Gasteiger partial charge in [-0.2, -0.15) is 0 Å². The van der Waals surface area contributed by atoms with Crippen molar-refractivity contribution in [3.8, 4) is 0 Å². The third kappa shape index (κ3) is 3.36. The highest BCUT2D eigenvalue weighted by atomic mass is 35.5. The summed E-state index contributed by atoms with van der Waals surface area (Å²) < 4.78 is 5.49. The first kappa shape index (κ1) is 19.1. The molecular formula is C23H24ClN5O2. The summed E-state index contributed by atoms with van der Waals surface area (Å²) in [6.45, 7) is 4.19. The fourth-order valence-electron chi connectivity index (χ4n) is 4.73. The normalized spacial score (nSPS) is 23.0. The molecular weight excluding hydrogens is 414 g/mol. The van der Waals surface area contributed by atoms with Crippen LogP contribution in [0.25, 0.3) is 0 Å². The van der Waals surface area contributed by atoms with Crippen LogP contribution in [-0.2, 0) is 11.3 Å². The first-order valence-electron chi connectivity index (χ1n) is 10.9. The molecule has 1 unspecified atom stereocenters. The lowest BCUT2D eigenvalue weighted by Crippen LogP contribution is -2.54. The molecule has 4 heterocycles. The molecule has 0 spiro atoms. The molecule has 2 aromatic rings. The van der Waals surface area contributed by atoms with Gasteiger partial charge in [0, 0.05) is 18.1 Å². The molecule has 31 heavy (non-hydrogen) atoms. The number of amides is 2. The zero-order valence-electron chi connectivity index (χ0n) is 17.2. The Bertz CT molecular complexity index is 1050. The molecule has 2 fully saturated rings. The second-order valence-corrected chi connectivity index (χ2v) is 9.03. The summed E-state index contributed by atoms with van der Waals surface area (Å²) in [5.41, 5.74) is 3.67. The summed E-state index contributed by atoms with van der Waals surface area (Å²) in [5, 5.41) is 0.688. The number of ether oxygens (including phenoxy) is 1. The van der Waals surface area contributed by atoms with E-state index in [0.717, 1.165) is 41.6 Å². The van der Waals surface area contributed by atoms with E-state index >= 15 is 0 Å². The SMILES string of the molecule is O=C1N(Cc2ccc(Cl)cc2)c2cc(N3CCOCC3)cnc2C2=NCC(C3CC3)N12. The van der Waals surface area contributed by atoms with Crippen molar-refractivity contribution in [2.24, 2.45) is 10.9 Å². The Morgan fingerprint density at radius 2 is 1.90 bits per heavy atom. The van der Waals surface area contributed by atoms with E-state index in [1.54, 1.807) is 0 Å². The number of carbonyl (C=O) groups excluding carboxylic acids is 1. The number of hydrogen-bond acceptors (Lipinski definition) is 5. The average Bonchev–Trinajstić information content (AvgIpc) is 3.56. The largest absolute Gasteiger partial charge is 0.378 e. The van der Waals surface area contributed by atoms with Crippen LogP contribution in [0.5, 0.6) is 0 Å². The lowest BCUT2D eigenvalue weighted by molar-refractivity contribution is 0.122. The zero-order chi connectivity index (χ0) is 20.9. The van der Waals surface area contributed by atoms with Crippen LogP contribution in [-0.4, -0.2) is 60.6 Å². The number of pyridine rings is 1. The Kier molecular flexibility index (Phi) is 4.61. The molecule has 2 amide bonds. The number of amidine groups is 1. The highest BCUT2D eigenvalue weighted by Crippen LogP contribution is 2.42. The number of halogens is 1. The van der Waals surface area contributed by atoms with Crippen molar-refractivity contribution < 1.29 is 9.53 Å². The molecule has 3 aliphatic heterocycles. The molecule has 0 radical (unpaired) electrons. The standard InChI is InChI=1S/C23H24ClN5O2/c24-17-5-1-15(2-6-17)14-28-19-11-18(27-7-9-31-10-8-27)12-25-21(19)22-26-13-20(16-3-4-16)29(22)23(28)30/h1-2,5-6,11-12,16,20H,3-4,7-10,13-14H2. The minimum absolute atomic E-state index is 0.00322. The minimum atomic E-state index is -0.00322. The van der Waals surface area contributed by atoms with Gasteiger partial charge < -0.3 is 9.64 Å². The molecule has 8 heteroatoms. The van der Waals surface area contributed by atoms with Gasteiger partial charge in [0.2, 0.25) is 0 Å². The van der Waals surface area contributed by atoms with Crippen LogP contribution in [0.15, 0.2) is 41.5 Å². The van der Waals surface area contributed by atoms with Crippen molar-refractivity contribution in [3.05, 3.63) is 52.8 Å². The summed E-state index contributed by atoms with van der Waals surface area (Å²) in [6.07, 6.45) is 4.25. The first-order chi connectivity index (χ1) is 15.2. The highest BCUT2D eigenvalue weighted by molar-refractivity contribution is 6.30. The fourth-order valence-corrected chi connectivity index (χ4v) is 4.86. The van der Waals surface area contributed by atoms with Crippen LogP contribution in [0.4, 0.5) is 16.2 Å². The second kappa shape index (κ2) is 7.50. The third-order valence-corrected chi connectivity index (χ3v) is 6.83. The number of benzene rings is 1. The van der Waals surface area contributed by atoms with Gasteiger partial charge in [0.1, 0.15) is 5.69 Å². The molecule has 4 aliphatic rings. The number of rotatable bonds is 4.